The first-order valence-corrected chi connectivity index (χ1v) is 8.61. The maximum absolute atomic E-state index is 12.7. The number of hydrogen-bond donors (Lipinski definition) is 1. The number of carbonyl (C=O) groups excluding carboxylic acids is 1. The molecular weight excluding hydrogens is 316 g/mol. The molecule has 0 heterocycles. The molecule has 1 aliphatic rings. The van der Waals surface area contributed by atoms with E-state index in [-0.39, 0.29) is 17.6 Å². The van der Waals surface area contributed by atoms with Crippen molar-refractivity contribution in [1.82, 2.24) is 5.32 Å². The van der Waals surface area contributed by atoms with E-state index in [1.165, 1.54) is 17.7 Å². The highest BCUT2D eigenvalue weighted by molar-refractivity contribution is 5.91. The van der Waals surface area contributed by atoms with Gasteiger partial charge in [0, 0.05) is 18.2 Å². The van der Waals surface area contributed by atoms with Gasteiger partial charge in [-0.1, -0.05) is 42.5 Å². The molecule has 1 fully saturated rings. The number of nitrogens with zero attached hydrogens (tertiary/aromatic N) is 1. The van der Waals surface area contributed by atoms with Crippen LogP contribution in [-0.4, -0.2) is 16.9 Å². The minimum Gasteiger partial charge on any atom is -0.353 e. The Morgan fingerprint density at radius 3 is 2.36 bits per heavy atom. The Morgan fingerprint density at radius 1 is 1.16 bits per heavy atom. The van der Waals surface area contributed by atoms with Crippen LogP contribution in [0.3, 0.4) is 0 Å². The molecule has 0 radical (unpaired) electrons. The number of non-ortho nitro benzene ring substituents is 1. The lowest BCUT2D eigenvalue weighted by atomic mass is 9.94. The van der Waals surface area contributed by atoms with Gasteiger partial charge < -0.3 is 5.32 Å². The first-order chi connectivity index (χ1) is 12.0. The van der Waals surface area contributed by atoms with E-state index in [1.54, 1.807) is 12.1 Å². The zero-order valence-corrected chi connectivity index (χ0v) is 14.3. The summed E-state index contributed by atoms with van der Waals surface area (Å²) in [5.41, 5.74) is 1.68. The fraction of sp³-hybridized carbons (Fsp3) is 0.350. The van der Waals surface area contributed by atoms with Crippen LogP contribution in [-0.2, 0) is 16.6 Å². The molecule has 2 aromatic carbocycles. The SMILES string of the molecule is C[C@@H](CCc1ccccc1)NC(=O)C1(c2ccc([N+](=O)[O-])cc2)CC1. The first-order valence-electron chi connectivity index (χ1n) is 8.61. The van der Waals surface area contributed by atoms with Gasteiger partial charge in [0.25, 0.3) is 5.69 Å². The second-order valence-electron chi connectivity index (χ2n) is 6.78. The van der Waals surface area contributed by atoms with Gasteiger partial charge in [0.1, 0.15) is 0 Å². The van der Waals surface area contributed by atoms with Gasteiger partial charge in [-0.2, -0.15) is 0 Å². The standard InChI is InChI=1S/C20H22N2O3/c1-15(7-8-16-5-3-2-4-6-16)21-19(23)20(13-14-20)17-9-11-18(12-10-17)22(24)25/h2-6,9-12,15H,7-8,13-14H2,1H3,(H,21,23)/t15-/m0/s1. The molecule has 0 bridgehead atoms. The summed E-state index contributed by atoms with van der Waals surface area (Å²) in [4.78, 5) is 23.1. The van der Waals surface area contributed by atoms with Gasteiger partial charge in [-0.15, -0.1) is 0 Å². The molecule has 0 aliphatic heterocycles. The average Bonchev–Trinajstić information content (AvgIpc) is 3.43. The average molecular weight is 338 g/mol. The molecule has 5 heteroatoms. The Labute approximate surface area is 147 Å². The number of rotatable bonds is 7. The summed E-state index contributed by atoms with van der Waals surface area (Å²) in [6.45, 7) is 2.02. The molecule has 0 spiro atoms. The highest BCUT2D eigenvalue weighted by Gasteiger charge is 2.51. The van der Waals surface area contributed by atoms with E-state index in [2.05, 4.69) is 17.4 Å². The molecule has 25 heavy (non-hydrogen) atoms. The fourth-order valence-corrected chi connectivity index (χ4v) is 3.14. The second kappa shape index (κ2) is 7.05. The highest BCUT2D eigenvalue weighted by Crippen LogP contribution is 2.48. The molecule has 1 N–H and O–H groups in total. The second-order valence-corrected chi connectivity index (χ2v) is 6.78. The van der Waals surface area contributed by atoms with Crippen LogP contribution >= 0.6 is 0 Å². The van der Waals surface area contributed by atoms with Crippen molar-refractivity contribution in [2.45, 2.75) is 44.1 Å². The van der Waals surface area contributed by atoms with Crippen LogP contribution in [0, 0.1) is 10.1 Å². The summed E-state index contributed by atoms with van der Waals surface area (Å²) >= 11 is 0. The monoisotopic (exact) mass is 338 g/mol. The molecule has 130 valence electrons. The van der Waals surface area contributed by atoms with E-state index in [9.17, 15) is 14.9 Å². The molecule has 1 atom stereocenters. The number of nitro benzene ring substituents is 1. The van der Waals surface area contributed by atoms with Crippen molar-refractivity contribution >= 4 is 11.6 Å². The molecule has 2 aromatic rings. The quantitative estimate of drug-likeness (QED) is 0.617. The number of aryl methyl sites for hydroxylation is 1. The molecule has 5 nitrogen and oxygen atoms in total. The summed E-state index contributed by atoms with van der Waals surface area (Å²) < 4.78 is 0. The van der Waals surface area contributed by atoms with E-state index in [1.807, 2.05) is 25.1 Å². The lowest BCUT2D eigenvalue weighted by molar-refractivity contribution is -0.384. The largest absolute Gasteiger partial charge is 0.353 e. The van der Waals surface area contributed by atoms with E-state index >= 15 is 0 Å². The highest BCUT2D eigenvalue weighted by atomic mass is 16.6. The van der Waals surface area contributed by atoms with Crippen LogP contribution in [0.5, 0.6) is 0 Å². The summed E-state index contributed by atoms with van der Waals surface area (Å²) in [6.07, 6.45) is 3.39. The van der Waals surface area contributed by atoms with E-state index < -0.39 is 10.3 Å². The van der Waals surface area contributed by atoms with Gasteiger partial charge in [0.2, 0.25) is 5.91 Å². The van der Waals surface area contributed by atoms with E-state index in [0.717, 1.165) is 31.2 Å². The van der Waals surface area contributed by atoms with Crippen molar-refractivity contribution in [3.05, 3.63) is 75.8 Å². The minimum absolute atomic E-state index is 0.0296. The number of amides is 1. The summed E-state index contributed by atoms with van der Waals surface area (Å²) in [5.74, 6) is 0.0296. The number of carbonyl (C=O) groups is 1. The Balaban J connectivity index is 1.59. The van der Waals surface area contributed by atoms with Crippen molar-refractivity contribution in [2.24, 2.45) is 0 Å². The summed E-state index contributed by atoms with van der Waals surface area (Å²) in [6, 6.07) is 16.7. The van der Waals surface area contributed by atoms with Crippen LogP contribution < -0.4 is 5.32 Å². The Hall–Kier alpha value is -2.69. The predicted molar refractivity (Wildman–Crippen MR) is 96.4 cm³/mol. The molecule has 1 amide bonds. The normalized spacial score (nSPS) is 16.0. The van der Waals surface area contributed by atoms with Crippen molar-refractivity contribution in [3.63, 3.8) is 0 Å². The zero-order valence-electron chi connectivity index (χ0n) is 14.3. The Kier molecular flexibility index (Phi) is 4.83. The van der Waals surface area contributed by atoms with Gasteiger partial charge in [0.05, 0.1) is 10.3 Å². The van der Waals surface area contributed by atoms with Gasteiger partial charge in [-0.05, 0) is 43.7 Å². The van der Waals surface area contributed by atoms with Crippen molar-refractivity contribution in [2.75, 3.05) is 0 Å². The molecule has 1 aliphatic carbocycles. The number of benzene rings is 2. The predicted octanol–water partition coefficient (Wildman–Crippen LogP) is 3.76. The maximum Gasteiger partial charge on any atom is 0.269 e. The van der Waals surface area contributed by atoms with Crippen molar-refractivity contribution in [1.29, 1.82) is 0 Å². The van der Waals surface area contributed by atoms with Crippen LogP contribution in [0.2, 0.25) is 0 Å². The number of nitro groups is 1. The summed E-state index contributed by atoms with van der Waals surface area (Å²) in [7, 11) is 0. The van der Waals surface area contributed by atoms with Gasteiger partial charge in [-0.25, -0.2) is 0 Å². The van der Waals surface area contributed by atoms with E-state index in [4.69, 9.17) is 0 Å². The number of hydrogen-bond acceptors (Lipinski definition) is 3. The van der Waals surface area contributed by atoms with E-state index in [0.29, 0.717) is 0 Å². The first kappa shape index (κ1) is 17.1. The van der Waals surface area contributed by atoms with Crippen LogP contribution in [0.25, 0.3) is 0 Å². The van der Waals surface area contributed by atoms with Gasteiger partial charge in [0.15, 0.2) is 0 Å². The lowest BCUT2D eigenvalue weighted by Crippen LogP contribution is -2.40. The Bertz CT molecular complexity index is 752. The molecular formula is C20H22N2O3. The lowest BCUT2D eigenvalue weighted by Gasteiger charge is -2.20. The third-order valence-electron chi connectivity index (χ3n) is 4.90. The van der Waals surface area contributed by atoms with Gasteiger partial charge >= 0.3 is 0 Å². The molecule has 0 saturated heterocycles. The number of nitrogens with one attached hydrogen (secondary N) is 1. The van der Waals surface area contributed by atoms with Crippen LogP contribution in [0.4, 0.5) is 5.69 Å². The van der Waals surface area contributed by atoms with Crippen molar-refractivity contribution in [3.8, 4) is 0 Å². The third kappa shape index (κ3) is 3.87. The van der Waals surface area contributed by atoms with Crippen LogP contribution in [0.15, 0.2) is 54.6 Å². The molecule has 0 unspecified atom stereocenters. The molecule has 3 rings (SSSR count). The zero-order chi connectivity index (χ0) is 17.9. The third-order valence-corrected chi connectivity index (χ3v) is 4.90. The smallest absolute Gasteiger partial charge is 0.269 e. The fourth-order valence-electron chi connectivity index (χ4n) is 3.14. The maximum atomic E-state index is 12.7. The topological polar surface area (TPSA) is 72.2 Å². The van der Waals surface area contributed by atoms with Crippen molar-refractivity contribution < 1.29 is 9.72 Å². The summed E-state index contributed by atoms with van der Waals surface area (Å²) in [5, 5.41) is 13.9. The molecule has 1 saturated carbocycles. The van der Waals surface area contributed by atoms with Gasteiger partial charge in [-0.3, -0.25) is 14.9 Å². The minimum atomic E-state index is -0.504. The van der Waals surface area contributed by atoms with Crippen LogP contribution in [0.1, 0.15) is 37.3 Å². The molecule has 0 aromatic heterocycles. The Morgan fingerprint density at radius 2 is 1.80 bits per heavy atom.